The normalized spacial score (nSPS) is 11.6. The van der Waals surface area contributed by atoms with Crippen molar-refractivity contribution in [2.45, 2.75) is 11.8 Å². The van der Waals surface area contributed by atoms with E-state index in [4.69, 9.17) is 0 Å². The standard InChI is InChI=1S/C8H9FINO2S/c1-2-11-14(12,13)8-4-3-6(10)5-7(8)9/h3-5,11H,2H2,1H3. The van der Waals surface area contributed by atoms with E-state index in [1.54, 1.807) is 13.0 Å². The summed E-state index contributed by atoms with van der Waals surface area (Å²) < 4.78 is 39.0. The fraction of sp³-hybridized carbons (Fsp3) is 0.250. The molecule has 0 aliphatic rings. The zero-order chi connectivity index (χ0) is 10.8. The Morgan fingerprint density at radius 2 is 2.14 bits per heavy atom. The fourth-order valence-corrected chi connectivity index (χ4v) is 2.51. The van der Waals surface area contributed by atoms with Gasteiger partial charge in [-0.25, -0.2) is 17.5 Å². The molecule has 0 spiro atoms. The molecule has 78 valence electrons. The lowest BCUT2D eigenvalue weighted by atomic mass is 10.3. The van der Waals surface area contributed by atoms with E-state index < -0.39 is 15.8 Å². The minimum Gasteiger partial charge on any atom is -0.211 e. The first-order valence-corrected chi connectivity index (χ1v) is 6.48. The first kappa shape index (κ1) is 11.9. The predicted molar refractivity (Wildman–Crippen MR) is 60.0 cm³/mol. The third-order valence-corrected chi connectivity index (χ3v) is 3.77. The highest BCUT2D eigenvalue weighted by Crippen LogP contribution is 2.16. The molecule has 0 atom stereocenters. The maximum Gasteiger partial charge on any atom is 0.243 e. The van der Waals surface area contributed by atoms with Crippen LogP contribution in [0.3, 0.4) is 0 Å². The van der Waals surface area contributed by atoms with Gasteiger partial charge in [-0.3, -0.25) is 0 Å². The van der Waals surface area contributed by atoms with Crippen molar-refractivity contribution in [3.05, 3.63) is 27.6 Å². The number of nitrogens with one attached hydrogen (secondary N) is 1. The van der Waals surface area contributed by atoms with Gasteiger partial charge in [-0.2, -0.15) is 0 Å². The van der Waals surface area contributed by atoms with E-state index in [2.05, 4.69) is 4.72 Å². The first-order valence-electron chi connectivity index (χ1n) is 3.92. The summed E-state index contributed by atoms with van der Waals surface area (Å²) >= 11 is 1.92. The number of hydrogen-bond acceptors (Lipinski definition) is 2. The molecule has 0 aromatic heterocycles. The van der Waals surface area contributed by atoms with Crippen LogP contribution in [0.25, 0.3) is 0 Å². The molecular weight excluding hydrogens is 320 g/mol. The molecule has 0 saturated heterocycles. The van der Waals surface area contributed by atoms with E-state index in [1.165, 1.54) is 12.1 Å². The van der Waals surface area contributed by atoms with Gasteiger partial charge in [0.25, 0.3) is 0 Å². The van der Waals surface area contributed by atoms with Gasteiger partial charge in [-0.15, -0.1) is 0 Å². The topological polar surface area (TPSA) is 46.2 Å². The lowest BCUT2D eigenvalue weighted by Gasteiger charge is -2.05. The van der Waals surface area contributed by atoms with Crippen molar-refractivity contribution in [1.29, 1.82) is 0 Å². The van der Waals surface area contributed by atoms with Crippen molar-refractivity contribution >= 4 is 32.6 Å². The Morgan fingerprint density at radius 3 is 2.64 bits per heavy atom. The number of hydrogen-bond donors (Lipinski definition) is 1. The maximum atomic E-state index is 13.2. The first-order chi connectivity index (χ1) is 6.47. The zero-order valence-electron chi connectivity index (χ0n) is 7.42. The molecule has 1 aromatic carbocycles. The molecule has 1 N–H and O–H groups in total. The largest absolute Gasteiger partial charge is 0.243 e. The van der Waals surface area contributed by atoms with Gasteiger partial charge in [0, 0.05) is 10.1 Å². The summed E-state index contributed by atoms with van der Waals surface area (Å²) in [6.07, 6.45) is 0. The van der Waals surface area contributed by atoms with Crippen LogP contribution >= 0.6 is 22.6 Å². The van der Waals surface area contributed by atoms with Crippen molar-refractivity contribution in [1.82, 2.24) is 4.72 Å². The van der Waals surface area contributed by atoms with Gasteiger partial charge in [0.2, 0.25) is 10.0 Å². The average Bonchev–Trinajstić information content (AvgIpc) is 2.02. The second-order valence-electron chi connectivity index (χ2n) is 2.58. The van der Waals surface area contributed by atoms with E-state index >= 15 is 0 Å². The molecule has 0 heterocycles. The van der Waals surface area contributed by atoms with Crippen LogP contribution in [0.1, 0.15) is 6.92 Å². The number of benzene rings is 1. The molecule has 0 aliphatic heterocycles. The highest BCUT2D eigenvalue weighted by atomic mass is 127. The van der Waals surface area contributed by atoms with Gasteiger partial charge in [-0.1, -0.05) is 6.92 Å². The SMILES string of the molecule is CCNS(=O)(=O)c1ccc(I)cc1F. The van der Waals surface area contributed by atoms with Crippen LogP contribution < -0.4 is 4.72 Å². The minimum atomic E-state index is -3.69. The summed E-state index contributed by atoms with van der Waals surface area (Å²) in [4.78, 5) is -0.306. The molecule has 0 amide bonds. The van der Waals surface area contributed by atoms with Gasteiger partial charge in [0.1, 0.15) is 10.7 Å². The summed E-state index contributed by atoms with van der Waals surface area (Å²) in [5.74, 6) is -0.724. The minimum absolute atomic E-state index is 0.244. The zero-order valence-corrected chi connectivity index (χ0v) is 10.4. The quantitative estimate of drug-likeness (QED) is 0.859. The monoisotopic (exact) mass is 329 g/mol. The van der Waals surface area contributed by atoms with E-state index in [-0.39, 0.29) is 11.4 Å². The van der Waals surface area contributed by atoms with Gasteiger partial charge >= 0.3 is 0 Å². The van der Waals surface area contributed by atoms with Crippen molar-refractivity contribution in [3.63, 3.8) is 0 Å². The van der Waals surface area contributed by atoms with Crippen LogP contribution in [0.2, 0.25) is 0 Å². The van der Waals surface area contributed by atoms with Crippen LogP contribution in [-0.4, -0.2) is 15.0 Å². The molecule has 1 rings (SSSR count). The maximum absolute atomic E-state index is 13.2. The van der Waals surface area contributed by atoms with Crippen LogP contribution in [0.4, 0.5) is 4.39 Å². The molecule has 14 heavy (non-hydrogen) atoms. The van der Waals surface area contributed by atoms with E-state index in [9.17, 15) is 12.8 Å². The third kappa shape index (κ3) is 2.64. The highest BCUT2D eigenvalue weighted by molar-refractivity contribution is 14.1. The van der Waals surface area contributed by atoms with E-state index in [1.807, 2.05) is 22.6 Å². The summed E-state index contributed by atoms with van der Waals surface area (Å²) in [5.41, 5.74) is 0. The second-order valence-corrected chi connectivity index (χ2v) is 5.56. The molecule has 6 heteroatoms. The van der Waals surface area contributed by atoms with Crippen LogP contribution in [0.15, 0.2) is 23.1 Å². The number of halogens is 2. The van der Waals surface area contributed by atoms with Crippen molar-refractivity contribution in [2.24, 2.45) is 0 Å². The average molecular weight is 329 g/mol. The molecular formula is C8H9FINO2S. The smallest absolute Gasteiger partial charge is 0.211 e. The van der Waals surface area contributed by atoms with Crippen molar-refractivity contribution < 1.29 is 12.8 Å². The van der Waals surface area contributed by atoms with Crippen molar-refractivity contribution in [3.8, 4) is 0 Å². The van der Waals surface area contributed by atoms with Crippen LogP contribution in [0.5, 0.6) is 0 Å². The summed E-state index contributed by atoms with van der Waals surface area (Å²) in [6.45, 7) is 1.88. The van der Waals surface area contributed by atoms with Crippen molar-refractivity contribution in [2.75, 3.05) is 6.54 Å². The molecule has 0 unspecified atom stereocenters. The third-order valence-electron chi connectivity index (χ3n) is 1.52. The highest BCUT2D eigenvalue weighted by Gasteiger charge is 2.17. The Labute approximate surface area is 95.9 Å². The predicted octanol–water partition coefficient (Wildman–Crippen LogP) is 1.73. The lowest BCUT2D eigenvalue weighted by molar-refractivity contribution is 0.558. The molecule has 3 nitrogen and oxygen atoms in total. The number of rotatable bonds is 3. The van der Waals surface area contributed by atoms with Gasteiger partial charge in [0.15, 0.2) is 0 Å². The summed E-state index contributed by atoms with van der Waals surface area (Å²) in [5, 5.41) is 0. The molecule has 0 bridgehead atoms. The molecule has 1 aromatic rings. The number of sulfonamides is 1. The Hall–Kier alpha value is -0.210. The Balaban J connectivity index is 3.20. The Bertz CT molecular complexity index is 433. The van der Waals surface area contributed by atoms with Gasteiger partial charge in [0.05, 0.1) is 0 Å². The van der Waals surface area contributed by atoms with E-state index in [0.29, 0.717) is 3.57 Å². The van der Waals surface area contributed by atoms with E-state index in [0.717, 1.165) is 0 Å². The molecule has 0 radical (unpaired) electrons. The second kappa shape index (κ2) is 4.54. The Morgan fingerprint density at radius 1 is 1.50 bits per heavy atom. The van der Waals surface area contributed by atoms with Crippen LogP contribution in [-0.2, 0) is 10.0 Å². The van der Waals surface area contributed by atoms with Crippen LogP contribution in [0, 0.1) is 9.39 Å². The molecule has 0 saturated carbocycles. The summed E-state index contributed by atoms with van der Waals surface area (Å²) in [6, 6.07) is 3.99. The van der Waals surface area contributed by atoms with Gasteiger partial charge in [-0.05, 0) is 40.8 Å². The lowest BCUT2D eigenvalue weighted by Crippen LogP contribution is -2.24. The fourth-order valence-electron chi connectivity index (χ4n) is 0.961. The Kier molecular flexibility index (Phi) is 3.85. The summed E-state index contributed by atoms with van der Waals surface area (Å²) in [7, 11) is -3.69. The molecule has 0 fully saturated rings. The van der Waals surface area contributed by atoms with Gasteiger partial charge < -0.3 is 0 Å². The molecule has 0 aliphatic carbocycles.